The minimum Gasteiger partial charge on any atom is -0.383 e. The largest absolute Gasteiger partial charge is 0.383 e. The van der Waals surface area contributed by atoms with E-state index >= 15 is 0 Å². The number of aromatic nitrogens is 3. The normalized spacial score (nSPS) is 13.0. The summed E-state index contributed by atoms with van der Waals surface area (Å²) in [7, 11) is 1.67. The summed E-state index contributed by atoms with van der Waals surface area (Å²) in [5, 5.41) is 16.3. The molecule has 0 atom stereocenters. The number of fused-ring (bicyclic) bond motifs is 2. The van der Waals surface area contributed by atoms with Gasteiger partial charge in [0.05, 0.1) is 29.6 Å². The molecule has 1 aliphatic rings. The van der Waals surface area contributed by atoms with Crippen LogP contribution < -0.4 is 16.0 Å². The van der Waals surface area contributed by atoms with Crippen LogP contribution in [-0.4, -0.2) is 54.0 Å². The number of amides is 1. The fraction of sp³-hybridized carbons (Fsp3) is 0.300. The summed E-state index contributed by atoms with van der Waals surface area (Å²) < 4.78 is 8.15. The molecule has 4 heterocycles. The molecule has 1 amide bonds. The van der Waals surface area contributed by atoms with Gasteiger partial charge in [-0.2, -0.15) is 5.10 Å². The summed E-state index contributed by atoms with van der Waals surface area (Å²) in [4.78, 5) is 19.1. The third-order valence-corrected chi connectivity index (χ3v) is 9.13. The van der Waals surface area contributed by atoms with Crippen molar-refractivity contribution < 1.29 is 9.53 Å². The van der Waals surface area contributed by atoms with Crippen molar-refractivity contribution in [2.24, 2.45) is 0 Å². The second-order valence-corrected chi connectivity index (χ2v) is 11.9. The van der Waals surface area contributed by atoms with Crippen LogP contribution >= 0.6 is 22.7 Å². The molecule has 0 aliphatic carbocycles. The molecule has 206 valence electrons. The zero-order valence-electron chi connectivity index (χ0n) is 22.4. The molecule has 3 N–H and O–H groups in total. The molecule has 0 bridgehead atoms. The van der Waals surface area contributed by atoms with Crippen LogP contribution in [0.2, 0.25) is 0 Å². The molecular formula is C30H32N6O2S2. The Morgan fingerprint density at radius 3 is 2.90 bits per heavy atom. The van der Waals surface area contributed by atoms with Crippen molar-refractivity contribution in [2.45, 2.75) is 25.9 Å². The number of hydrogen-bond acceptors (Lipinski definition) is 8. The molecule has 2 aromatic carbocycles. The van der Waals surface area contributed by atoms with Gasteiger partial charge in [-0.25, -0.2) is 4.98 Å². The number of rotatable bonds is 11. The zero-order chi connectivity index (χ0) is 27.3. The van der Waals surface area contributed by atoms with Crippen LogP contribution in [0.3, 0.4) is 0 Å². The Kier molecular flexibility index (Phi) is 8.31. The summed E-state index contributed by atoms with van der Waals surface area (Å²) in [6.07, 6.45) is 5.35. The number of anilines is 1. The molecule has 0 saturated carbocycles. The average molecular weight is 573 g/mol. The molecule has 10 heteroatoms. The monoisotopic (exact) mass is 572 g/mol. The molecule has 0 spiro atoms. The maximum atomic E-state index is 12.8. The van der Waals surface area contributed by atoms with Gasteiger partial charge in [0.1, 0.15) is 10.0 Å². The lowest BCUT2D eigenvalue weighted by atomic mass is 10.0. The SMILES string of the molecule is COCCNCCC(=O)Nc1sc2c(c1-c1nc3ccc(-c4cnn(Cc5ccccc5)c4)cc3s1)CCNC2. The number of carbonyl (C=O) groups excluding carboxylic acids is 1. The van der Waals surface area contributed by atoms with E-state index in [1.165, 1.54) is 16.0 Å². The number of nitrogens with zero attached hydrogens (tertiary/aromatic N) is 3. The predicted octanol–water partition coefficient (Wildman–Crippen LogP) is 5.15. The van der Waals surface area contributed by atoms with Gasteiger partial charge in [0.25, 0.3) is 0 Å². The lowest BCUT2D eigenvalue weighted by molar-refractivity contribution is -0.116. The number of hydrogen-bond donors (Lipinski definition) is 3. The summed E-state index contributed by atoms with van der Waals surface area (Å²) >= 11 is 3.35. The maximum absolute atomic E-state index is 12.8. The Morgan fingerprint density at radius 2 is 2.02 bits per heavy atom. The molecule has 0 unspecified atom stereocenters. The number of thiophene rings is 1. The summed E-state index contributed by atoms with van der Waals surface area (Å²) in [5.74, 6) is 0.00800. The quantitative estimate of drug-likeness (QED) is 0.190. The van der Waals surface area contributed by atoms with E-state index < -0.39 is 0 Å². The molecule has 5 aromatic rings. The molecule has 6 rings (SSSR count). The van der Waals surface area contributed by atoms with Gasteiger partial charge in [0.15, 0.2) is 0 Å². The summed E-state index contributed by atoms with van der Waals surface area (Å²) in [5.41, 5.74) is 6.78. The smallest absolute Gasteiger partial charge is 0.226 e. The van der Waals surface area contributed by atoms with Crippen molar-refractivity contribution in [3.8, 4) is 21.7 Å². The van der Waals surface area contributed by atoms with Gasteiger partial charge in [0.2, 0.25) is 5.91 Å². The average Bonchev–Trinajstić information content (AvgIpc) is 3.69. The molecule has 3 aromatic heterocycles. The van der Waals surface area contributed by atoms with Crippen LogP contribution in [0, 0.1) is 0 Å². The van der Waals surface area contributed by atoms with Crippen molar-refractivity contribution in [3.63, 3.8) is 0 Å². The first kappa shape index (κ1) is 26.8. The van der Waals surface area contributed by atoms with Crippen molar-refractivity contribution in [2.75, 3.05) is 38.7 Å². The van der Waals surface area contributed by atoms with Crippen LogP contribution in [-0.2, 0) is 29.0 Å². The van der Waals surface area contributed by atoms with Gasteiger partial charge in [-0.05, 0) is 41.8 Å². The highest BCUT2D eigenvalue weighted by Gasteiger charge is 2.25. The van der Waals surface area contributed by atoms with Gasteiger partial charge >= 0.3 is 0 Å². The number of benzene rings is 2. The topological polar surface area (TPSA) is 93.1 Å². The second-order valence-electron chi connectivity index (χ2n) is 9.79. The van der Waals surface area contributed by atoms with Gasteiger partial charge < -0.3 is 20.7 Å². The van der Waals surface area contributed by atoms with E-state index in [1.54, 1.807) is 29.8 Å². The Balaban J connectivity index is 1.24. The maximum Gasteiger partial charge on any atom is 0.226 e. The summed E-state index contributed by atoms with van der Waals surface area (Å²) in [6, 6.07) is 16.8. The van der Waals surface area contributed by atoms with Crippen molar-refractivity contribution >= 4 is 43.8 Å². The van der Waals surface area contributed by atoms with Crippen LogP contribution in [0.1, 0.15) is 22.4 Å². The Hall–Kier alpha value is -3.41. The van der Waals surface area contributed by atoms with Gasteiger partial charge in [-0.3, -0.25) is 9.48 Å². The van der Waals surface area contributed by atoms with Crippen molar-refractivity contribution in [1.82, 2.24) is 25.4 Å². The fourth-order valence-electron chi connectivity index (χ4n) is 4.92. The minimum atomic E-state index is 0.00800. The first-order chi connectivity index (χ1) is 19.7. The van der Waals surface area contributed by atoms with Gasteiger partial charge in [0, 0.05) is 55.4 Å². The highest BCUT2D eigenvalue weighted by atomic mass is 32.1. The molecule has 0 saturated heterocycles. The van der Waals surface area contributed by atoms with Crippen molar-refractivity contribution in [1.29, 1.82) is 0 Å². The molecule has 0 radical (unpaired) electrons. The van der Waals surface area contributed by atoms with Gasteiger partial charge in [-0.1, -0.05) is 36.4 Å². The Bertz CT molecular complexity index is 1610. The molecular weight excluding hydrogens is 541 g/mol. The lowest BCUT2D eigenvalue weighted by Gasteiger charge is -2.13. The number of carbonyl (C=O) groups is 1. The predicted molar refractivity (Wildman–Crippen MR) is 163 cm³/mol. The lowest BCUT2D eigenvalue weighted by Crippen LogP contribution is -2.24. The third-order valence-electron chi connectivity index (χ3n) is 6.95. The van der Waals surface area contributed by atoms with E-state index in [1.807, 2.05) is 16.9 Å². The van der Waals surface area contributed by atoms with Crippen LogP contribution in [0.4, 0.5) is 5.00 Å². The highest BCUT2D eigenvalue weighted by molar-refractivity contribution is 7.23. The molecule has 8 nitrogen and oxygen atoms in total. The third kappa shape index (κ3) is 6.01. The van der Waals surface area contributed by atoms with Crippen LogP contribution in [0.15, 0.2) is 60.9 Å². The highest BCUT2D eigenvalue weighted by Crippen LogP contribution is 2.45. The molecule has 1 aliphatic heterocycles. The van der Waals surface area contributed by atoms with E-state index in [4.69, 9.17) is 9.72 Å². The Labute approximate surface area is 241 Å². The minimum absolute atomic E-state index is 0.00800. The van der Waals surface area contributed by atoms with Crippen LogP contribution in [0.5, 0.6) is 0 Å². The first-order valence-electron chi connectivity index (χ1n) is 13.5. The van der Waals surface area contributed by atoms with E-state index in [0.717, 1.165) is 69.5 Å². The second kappa shape index (κ2) is 12.4. The van der Waals surface area contributed by atoms with E-state index in [0.29, 0.717) is 19.6 Å². The van der Waals surface area contributed by atoms with E-state index in [9.17, 15) is 4.79 Å². The number of methoxy groups -OCH3 is 1. The standard InChI is InChI=1S/C30H32N6O2S2/c1-38-14-13-31-12-10-27(37)35-30-28(23-9-11-32-17-26(23)40-30)29-34-24-8-7-21(15-25(24)39-29)22-16-33-36(19-22)18-20-5-3-2-4-6-20/h2-8,15-16,19,31-32H,9-14,17-18H2,1H3,(H,35,37). The van der Waals surface area contributed by atoms with E-state index in [-0.39, 0.29) is 5.91 Å². The first-order valence-corrected chi connectivity index (χ1v) is 15.1. The van der Waals surface area contributed by atoms with Gasteiger partial charge in [-0.15, -0.1) is 22.7 Å². The van der Waals surface area contributed by atoms with Crippen molar-refractivity contribution in [3.05, 3.63) is 76.9 Å². The summed E-state index contributed by atoms with van der Waals surface area (Å²) in [6.45, 7) is 4.47. The fourth-order valence-corrected chi connectivity index (χ4v) is 7.30. The number of ether oxygens (including phenoxy) is 1. The zero-order valence-corrected chi connectivity index (χ0v) is 24.0. The van der Waals surface area contributed by atoms with E-state index in [2.05, 4.69) is 69.7 Å². The molecule has 40 heavy (non-hydrogen) atoms. The van der Waals surface area contributed by atoms with Crippen LogP contribution in [0.25, 0.3) is 31.9 Å². The molecule has 0 fully saturated rings. The Morgan fingerprint density at radius 1 is 1.12 bits per heavy atom. The number of nitrogens with one attached hydrogen (secondary N) is 3. The number of thiazole rings is 1.